The number of hydrogen-bond donors (Lipinski definition) is 0. The van der Waals surface area contributed by atoms with E-state index < -0.39 is 0 Å². The van der Waals surface area contributed by atoms with E-state index in [1.807, 2.05) is 18.3 Å². The van der Waals surface area contributed by atoms with Gasteiger partial charge in [-0.3, -0.25) is 4.79 Å². The summed E-state index contributed by atoms with van der Waals surface area (Å²) < 4.78 is 0. The quantitative estimate of drug-likeness (QED) is 0.788. The van der Waals surface area contributed by atoms with E-state index in [0.29, 0.717) is 5.92 Å². The van der Waals surface area contributed by atoms with Gasteiger partial charge in [-0.25, -0.2) is 4.98 Å². The van der Waals surface area contributed by atoms with Crippen molar-refractivity contribution in [2.45, 2.75) is 33.6 Å². The molecule has 108 valence electrons. The largest absolute Gasteiger partial charge is 0.357 e. The highest BCUT2D eigenvalue weighted by Crippen LogP contribution is 2.23. The van der Waals surface area contributed by atoms with Gasteiger partial charge in [0.05, 0.1) is 0 Å². The Morgan fingerprint density at radius 2 is 2.10 bits per heavy atom. The van der Waals surface area contributed by atoms with Gasteiger partial charge in [0.25, 0.3) is 0 Å². The summed E-state index contributed by atoms with van der Waals surface area (Å²) in [5.74, 6) is 1.95. The molecule has 0 bridgehead atoms. The molecular formula is C17H24N2O. The molecule has 2 heterocycles. The van der Waals surface area contributed by atoms with Gasteiger partial charge >= 0.3 is 0 Å². The molecule has 1 saturated heterocycles. The lowest BCUT2D eigenvalue weighted by molar-refractivity contribution is -0.118. The maximum Gasteiger partial charge on any atom is 0.158 e. The molecule has 0 unspecified atom stereocenters. The number of ketones is 1. The van der Waals surface area contributed by atoms with E-state index in [9.17, 15) is 4.79 Å². The smallest absolute Gasteiger partial charge is 0.158 e. The molecule has 0 aromatic carbocycles. The van der Waals surface area contributed by atoms with Crippen LogP contribution in [-0.2, 0) is 4.79 Å². The van der Waals surface area contributed by atoms with Crippen molar-refractivity contribution in [1.82, 2.24) is 4.98 Å². The number of allylic oxidation sites excluding steroid dienone is 2. The van der Waals surface area contributed by atoms with Crippen LogP contribution >= 0.6 is 0 Å². The van der Waals surface area contributed by atoms with Crippen LogP contribution in [0.3, 0.4) is 0 Å². The molecule has 3 nitrogen and oxygen atoms in total. The molecule has 1 aromatic rings. The first-order chi connectivity index (χ1) is 9.56. The Kier molecular flexibility index (Phi) is 4.94. The third kappa shape index (κ3) is 3.92. The average Bonchev–Trinajstić information content (AvgIpc) is 2.45. The Labute approximate surface area is 121 Å². The highest BCUT2D eigenvalue weighted by molar-refractivity contribution is 5.91. The van der Waals surface area contributed by atoms with E-state index in [2.05, 4.69) is 36.7 Å². The molecule has 20 heavy (non-hydrogen) atoms. The molecule has 1 aliphatic rings. The molecule has 1 aliphatic heterocycles. The number of piperidine rings is 1. The summed E-state index contributed by atoms with van der Waals surface area (Å²) in [5, 5.41) is 0. The molecule has 0 spiro atoms. The Bertz CT molecular complexity index is 486. The summed E-state index contributed by atoms with van der Waals surface area (Å²) in [6.45, 7) is 8.11. The van der Waals surface area contributed by atoms with Crippen molar-refractivity contribution in [1.29, 1.82) is 0 Å². The Morgan fingerprint density at radius 1 is 1.40 bits per heavy atom. The second-order valence-corrected chi connectivity index (χ2v) is 5.96. The zero-order valence-electron chi connectivity index (χ0n) is 12.7. The summed E-state index contributed by atoms with van der Waals surface area (Å²) in [7, 11) is 0. The van der Waals surface area contributed by atoms with Gasteiger partial charge in [-0.05, 0) is 49.5 Å². The van der Waals surface area contributed by atoms with Crippen LogP contribution < -0.4 is 4.90 Å². The van der Waals surface area contributed by atoms with E-state index in [0.717, 1.165) is 31.7 Å². The summed E-state index contributed by atoms with van der Waals surface area (Å²) >= 11 is 0. The zero-order chi connectivity index (χ0) is 14.5. The van der Waals surface area contributed by atoms with E-state index >= 15 is 0 Å². The molecule has 0 saturated carbocycles. The molecule has 0 radical (unpaired) electrons. The fourth-order valence-corrected chi connectivity index (χ4v) is 2.51. The van der Waals surface area contributed by atoms with Crippen molar-refractivity contribution >= 4 is 11.6 Å². The van der Waals surface area contributed by atoms with E-state index in [1.54, 1.807) is 6.08 Å². The fourth-order valence-electron chi connectivity index (χ4n) is 2.51. The van der Waals surface area contributed by atoms with Crippen LogP contribution in [-0.4, -0.2) is 23.9 Å². The lowest BCUT2D eigenvalue weighted by atomic mass is 9.92. The minimum absolute atomic E-state index is 0.186. The molecule has 1 fully saturated rings. The molecular weight excluding hydrogens is 248 g/mol. The van der Waals surface area contributed by atoms with Gasteiger partial charge in [0, 0.05) is 25.2 Å². The maximum atomic E-state index is 12.1. The van der Waals surface area contributed by atoms with Crippen molar-refractivity contribution in [3.05, 3.63) is 36.0 Å². The third-order valence-electron chi connectivity index (χ3n) is 3.77. The molecule has 1 aromatic heterocycles. The van der Waals surface area contributed by atoms with Crippen LogP contribution in [0.1, 0.15) is 32.3 Å². The number of pyridine rings is 1. The molecule has 3 heteroatoms. The number of carbonyl (C=O) groups excluding carboxylic acids is 1. The minimum atomic E-state index is 0.186. The minimum Gasteiger partial charge on any atom is -0.357 e. The normalized spacial score (nSPS) is 17.1. The van der Waals surface area contributed by atoms with Gasteiger partial charge in [0.1, 0.15) is 5.82 Å². The van der Waals surface area contributed by atoms with Gasteiger partial charge in [0.15, 0.2) is 5.78 Å². The molecule has 2 rings (SSSR count). The highest BCUT2D eigenvalue weighted by atomic mass is 16.1. The van der Waals surface area contributed by atoms with E-state index in [-0.39, 0.29) is 11.7 Å². The van der Waals surface area contributed by atoms with E-state index in [1.165, 1.54) is 5.56 Å². The van der Waals surface area contributed by atoms with Crippen LogP contribution in [0.25, 0.3) is 0 Å². The predicted molar refractivity (Wildman–Crippen MR) is 82.9 cm³/mol. The maximum absolute atomic E-state index is 12.1. The number of nitrogens with zero attached hydrogens (tertiary/aromatic N) is 2. The summed E-state index contributed by atoms with van der Waals surface area (Å²) in [5.41, 5.74) is 1.23. The van der Waals surface area contributed by atoms with Crippen molar-refractivity contribution in [2.24, 2.45) is 11.8 Å². The van der Waals surface area contributed by atoms with Crippen molar-refractivity contribution in [3.8, 4) is 0 Å². The Morgan fingerprint density at radius 3 is 2.70 bits per heavy atom. The monoisotopic (exact) mass is 272 g/mol. The topological polar surface area (TPSA) is 33.2 Å². The number of rotatable bonds is 4. The van der Waals surface area contributed by atoms with E-state index in [4.69, 9.17) is 0 Å². The first kappa shape index (κ1) is 14.8. The van der Waals surface area contributed by atoms with Gasteiger partial charge in [-0.2, -0.15) is 0 Å². The highest BCUT2D eigenvalue weighted by Gasteiger charge is 2.24. The first-order valence-corrected chi connectivity index (χ1v) is 7.46. The third-order valence-corrected chi connectivity index (χ3v) is 3.77. The van der Waals surface area contributed by atoms with Crippen LogP contribution in [0.2, 0.25) is 0 Å². The standard InChI is InChI=1S/C17H24N2O/c1-13(2)4-5-16(20)15-7-10-19(11-8-15)17-12-14(3)6-9-18-17/h4-6,9,12-13,15H,7-8,10-11H2,1-3H3/b5-4+. The second-order valence-electron chi connectivity index (χ2n) is 5.96. The number of carbonyl (C=O) groups is 1. The number of hydrogen-bond acceptors (Lipinski definition) is 3. The predicted octanol–water partition coefficient (Wildman–Crippen LogP) is 3.39. The van der Waals surface area contributed by atoms with Gasteiger partial charge < -0.3 is 4.90 Å². The van der Waals surface area contributed by atoms with Gasteiger partial charge in [-0.1, -0.05) is 19.9 Å². The molecule has 0 aliphatic carbocycles. The number of anilines is 1. The average molecular weight is 272 g/mol. The zero-order valence-corrected chi connectivity index (χ0v) is 12.7. The first-order valence-electron chi connectivity index (χ1n) is 7.46. The van der Waals surface area contributed by atoms with Gasteiger partial charge in [0.2, 0.25) is 0 Å². The van der Waals surface area contributed by atoms with Crippen molar-refractivity contribution in [3.63, 3.8) is 0 Å². The molecule has 0 atom stereocenters. The number of aromatic nitrogens is 1. The lowest BCUT2D eigenvalue weighted by Gasteiger charge is -2.31. The summed E-state index contributed by atoms with van der Waals surface area (Å²) in [6, 6.07) is 4.12. The fraction of sp³-hybridized carbons (Fsp3) is 0.529. The lowest BCUT2D eigenvalue weighted by Crippen LogP contribution is -2.36. The van der Waals surface area contributed by atoms with Gasteiger partial charge in [-0.15, -0.1) is 0 Å². The van der Waals surface area contributed by atoms with Crippen molar-refractivity contribution < 1.29 is 4.79 Å². The van der Waals surface area contributed by atoms with Crippen LogP contribution in [0.15, 0.2) is 30.5 Å². The summed E-state index contributed by atoms with van der Waals surface area (Å²) in [6.07, 6.45) is 7.48. The summed E-state index contributed by atoms with van der Waals surface area (Å²) in [4.78, 5) is 18.8. The number of aryl methyl sites for hydroxylation is 1. The van der Waals surface area contributed by atoms with Crippen LogP contribution in [0.4, 0.5) is 5.82 Å². The van der Waals surface area contributed by atoms with Crippen LogP contribution in [0.5, 0.6) is 0 Å². The SMILES string of the molecule is Cc1ccnc(N2CCC(C(=O)/C=C/C(C)C)CC2)c1. The second kappa shape index (κ2) is 6.69. The Balaban J connectivity index is 1.91. The van der Waals surface area contributed by atoms with Crippen molar-refractivity contribution in [2.75, 3.05) is 18.0 Å². The van der Waals surface area contributed by atoms with Crippen LogP contribution in [0, 0.1) is 18.8 Å². The molecule has 0 amide bonds. The Hall–Kier alpha value is -1.64. The molecule has 0 N–H and O–H groups in total.